The van der Waals surface area contributed by atoms with Crippen LogP contribution in [-0.4, -0.2) is 24.3 Å². The Balaban J connectivity index is 1.62. The number of rotatable bonds is 4. The molecular weight excluding hydrogens is 366 g/mol. The van der Waals surface area contributed by atoms with E-state index in [1.165, 1.54) is 0 Å². The molecule has 27 heavy (non-hydrogen) atoms. The first-order chi connectivity index (χ1) is 13.0. The summed E-state index contributed by atoms with van der Waals surface area (Å²) in [6, 6.07) is 14.2. The molecule has 0 saturated carbocycles. The van der Waals surface area contributed by atoms with E-state index in [1.807, 2.05) is 31.2 Å². The standard InChI is InChI=1S/C20H20ClN3O3/c1-2-13-7-3-6-10-17(13)24-12-14(11-18(24)25)19(26)22-23-20(27)15-8-4-5-9-16(15)21/h3-10,14H,2,11-12H2,1H3,(H,22,26)(H,23,27)/t14-/m0/s1. The molecule has 3 rings (SSSR count). The van der Waals surface area contributed by atoms with Crippen molar-refractivity contribution in [3.8, 4) is 0 Å². The van der Waals surface area contributed by atoms with E-state index in [2.05, 4.69) is 10.9 Å². The number of carbonyl (C=O) groups excluding carboxylic acids is 3. The van der Waals surface area contributed by atoms with E-state index in [9.17, 15) is 14.4 Å². The molecule has 7 heteroatoms. The number of nitrogens with zero attached hydrogens (tertiary/aromatic N) is 1. The zero-order valence-electron chi connectivity index (χ0n) is 14.9. The van der Waals surface area contributed by atoms with Crippen molar-refractivity contribution in [1.29, 1.82) is 0 Å². The fourth-order valence-corrected chi connectivity index (χ4v) is 3.34. The Kier molecular flexibility index (Phi) is 5.76. The first-order valence-corrected chi connectivity index (χ1v) is 9.12. The third kappa shape index (κ3) is 4.11. The lowest BCUT2D eigenvalue weighted by molar-refractivity contribution is -0.126. The van der Waals surface area contributed by atoms with Crippen LogP contribution in [-0.2, 0) is 16.0 Å². The first-order valence-electron chi connectivity index (χ1n) is 8.74. The van der Waals surface area contributed by atoms with Crippen LogP contribution < -0.4 is 15.8 Å². The number of carbonyl (C=O) groups is 3. The van der Waals surface area contributed by atoms with E-state index < -0.39 is 17.7 Å². The predicted molar refractivity (Wildman–Crippen MR) is 103 cm³/mol. The lowest BCUT2D eigenvalue weighted by Gasteiger charge is -2.20. The van der Waals surface area contributed by atoms with Crippen molar-refractivity contribution in [2.45, 2.75) is 19.8 Å². The lowest BCUT2D eigenvalue weighted by Crippen LogP contribution is -2.45. The normalized spacial score (nSPS) is 16.3. The number of nitrogens with one attached hydrogen (secondary N) is 2. The Morgan fingerprint density at radius 2 is 1.81 bits per heavy atom. The summed E-state index contributed by atoms with van der Waals surface area (Å²) in [5.74, 6) is -1.55. The Hall–Kier alpha value is -2.86. The van der Waals surface area contributed by atoms with Gasteiger partial charge in [-0.05, 0) is 30.2 Å². The maximum atomic E-state index is 12.4. The van der Waals surface area contributed by atoms with Crippen LogP contribution in [0.3, 0.4) is 0 Å². The largest absolute Gasteiger partial charge is 0.311 e. The van der Waals surface area contributed by atoms with Crippen LogP contribution in [0.1, 0.15) is 29.3 Å². The SMILES string of the molecule is CCc1ccccc1N1C[C@@H](C(=O)NNC(=O)c2ccccc2Cl)CC1=O. The van der Waals surface area contributed by atoms with E-state index in [1.54, 1.807) is 29.2 Å². The maximum Gasteiger partial charge on any atom is 0.271 e. The minimum atomic E-state index is -0.533. The third-order valence-electron chi connectivity index (χ3n) is 4.58. The van der Waals surface area contributed by atoms with Gasteiger partial charge >= 0.3 is 0 Å². The Bertz CT molecular complexity index is 884. The fraction of sp³-hybridized carbons (Fsp3) is 0.250. The van der Waals surface area contributed by atoms with Gasteiger partial charge in [-0.25, -0.2) is 0 Å². The van der Waals surface area contributed by atoms with Gasteiger partial charge in [-0.1, -0.05) is 48.9 Å². The van der Waals surface area contributed by atoms with Gasteiger partial charge in [0.2, 0.25) is 11.8 Å². The number of para-hydroxylation sites is 1. The molecule has 1 saturated heterocycles. The maximum absolute atomic E-state index is 12.4. The highest BCUT2D eigenvalue weighted by Crippen LogP contribution is 2.28. The molecule has 2 aromatic rings. The summed E-state index contributed by atoms with van der Waals surface area (Å²) < 4.78 is 0. The molecule has 0 bridgehead atoms. The van der Waals surface area contributed by atoms with Gasteiger partial charge < -0.3 is 4.90 Å². The van der Waals surface area contributed by atoms with Crippen molar-refractivity contribution >= 4 is 35.0 Å². The summed E-state index contributed by atoms with van der Waals surface area (Å²) in [4.78, 5) is 38.6. The smallest absolute Gasteiger partial charge is 0.271 e. The van der Waals surface area contributed by atoms with Crippen LogP contribution in [0.25, 0.3) is 0 Å². The van der Waals surface area contributed by atoms with Gasteiger partial charge in [0.1, 0.15) is 0 Å². The van der Waals surface area contributed by atoms with Crippen LogP contribution in [0.5, 0.6) is 0 Å². The van der Waals surface area contributed by atoms with Crippen LogP contribution >= 0.6 is 11.6 Å². The molecule has 1 aliphatic rings. The molecule has 0 spiro atoms. The van der Waals surface area contributed by atoms with E-state index in [0.717, 1.165) is 17.7 Å². The summed E-state index contributed by atoms with van der Waals surface area (Å²) in [5, 5.41) is 0.294. The van der Waals surface area contributed by atoms with E-state index in [0.29, 0.717) is 5.02 Å². The number of amides is 3. The van der Waals surface area contributed by atoms with Crippen molar-refractivity contribution in [2.24, 2.45) is 5.92 Å². The van der Waals surface area contributed by atoms with Gasteiger partial charge in [-0.3, -0.25) is 25.2 Å². The Labute approximate surface area is 162 Å². The van der Waals surface area contributed by atoms with Crippen molar-refractivity contribution in [1.82, 2.24) is 10.9 Å². The van der Waals surface area contributed by atoms with Gasteiger partial charge in [0.15, 0.2) is 0 Å². The highest BCUT2D eigenvalue weighted by molar-refractivity contribution is 6.33. The molecule has 2 aromatic carbocycles. The fourth-order valence-electron chi connectivity index (χ4n) is 3.12. The molecule has 140 valence electrons. The van der Waals surface area contributed by atoms with Crippen LogP contribution in [0, 0.1) is 5.92 Å². The molecule has 1 heterocycles. The van der Waals surface area contributed by atoms with E-state index in [4.69, 9.17) is 11.6 Å². The summed E-state index contributed by atoms with van der Waals surface area (Å²) in [6.45, 7) is 2.30. The number of hydrogen-bond acceptors (Lipinski definition) is 3. The molecule has 1 fully saturated rings. The molecule has 2 N–H and O–H groups in total. The van der Waals surface area contributed by atoms with Crippen LogP contribution in [0.4, 0.5) is 5.69 Å². The van der Waals surface area contributed by atoms with Crippen molar-refractivity contribution in [3.05, 3.63) is 64.7 Å². The molecule has 0 radical (unpaired) electrons. The zero-order valence-corrected chi connectivity index (χ0v) is 15.6. The van der Waals surface area contributed by atoms with Crippen molar-refractivity contribution < 1.29 is 14.4 Å². The molecular formula is C20H20ClN3O3. The number of halogens is 1. The first kappa shape index (κ1) is 18.9. The summed E-state index contributed by atoms with van der Waals surface area (Å²) >= 11 is 5.97. The molecule has 0 unspecified atom stereocenters. The second-order valence-corrected chi connectivity index (χ2v) is 6.72. The van der Waals surface area contributed by atoms with Gasteiger partial charge in [-0.15, -0.1) is 0 Å². The molecule has 0 aromatic heterocycles. The summed E-state index contributed by atoms with van der Waals surface area (Å²) in [6.07, 6.45) is 0.899. The van der Waals surface area contributed by atoms with Gasteiger partial charge in [-0.2, -0.15) is 0 Å². The minimum absolute atomic E-state index is 0.103. The number of hydrogen-bond donors (Lipinski definition) is 2. The second kappa shape index (κ2) is 8.22. The number of anilines is 1. The second-order valence-electron chi connectivity index (χ2n) is 6.31. The quantitative estimate of drug-likeness (QED) is 0.794. The number of benzene rings is 2. The molecule has 1 aliphatic heterocycles. The molecule has 3 amide bonds. The number of aryl methyl sites for hydroxylation is 1. The lowest BCUT2D eigenvalue weighted by atomic mass is 10.1. The van der Waals surface area contributed by atoms with E-state index >= 15 is 0 Å². The zero-order chi connectivity index (χ0) is 19.4. The average Bonchev–Trinajstić information content (AvgIpc) is 3.07. The molecule has 1 atom stereocenters. The Morgan fingerprint density at radius 3 is 2.56 bits per heavy atom. The van der Waals surface area contributed by atoms with Crippen LogP contribution in [0.15, 0.2) is 48.5 Å². The summed E-state index contributed by atoms with van der Waals surface area (Å²) in [7, 11) is 0. The molecule has 6 nitrogen and oxygen atoms in total. The minimum Gasteiger partial charge on any atom is -0.311 e. The predicted octanol–water partition coefficient (Wildman–Crippen LogP) is 2.72. The van der Waals surface area contributed by atoms with Gasteiger partial charge in [0.05, 0.1) is 16.5 Å². The summed E-state index contributed by atoms with van der Waals surface area (Å²) in [5.41, 5.74) is 6.90. The topological polar surface area (TPSA) is 78.5 Å². The monoisotopic (exact) mass is 385 g/mol. The average molecular weight is 386 g/mol. The van der Waals surface area contributed by atoms with Gasteiger partial charge in [0.25, 0.3) is 5.91 Å². The Morgan fingerprint density at radius 1 is 1.11 bits per heavy atom. The van der Waals surface area contributed by atoms with Crippen molar-refractivity contribution in [2.75, 3.05) is 11.4 Å². The van der Waals surface area contributed by atoms with E-state index in [-0.39, 0.29) is 24.4 Å². The van der Waals surface area contributed by atoms with Crippen molar-refractivity contribution in [3.63, 3.8) is 0 Å². The van der Waals surface area contributed by atoms with Gasteiger partial charge in [0, 0.05) is 18.7 Å². The third-order valence-corrected chi connectivity index (χ3v) is 4.91. The molecule has 0 aliphatic carbocycles. The highest BCUT2D eigenvalue weighted by Gasteiger charge is 2.36. The van der Waals surface area contributed by atoms with Crippen LogP contribution in [0.2, 0.25) is 5.02 Å². The number of hydrazine groups is 1. The highest BCUT2D eigenvalue weighted by atomic mass is 35.5.